The molecule has 4 rings (SSSR count). The molecule has 1 saturated heterocycles. The van der Waals surface area contributed by atoms with Gasteiger partial charge in [0, 0.05) is 42.9 Å². The second-order valence-corrected chi connectivity index (χ2v) is 8.53. The number of benzene rings is 2. The van der Waals surface area contributed by atoms with Crippen molar-refractivity contribution >= 4 is 21.6 Å². The maximum absolute atomic E-state index is 3.60. The van der Waals surface area contributed by atoms with Crippen LogP contribution in [0.4, 0.5) is 5.69 Å². The van der Waals surface area contributed by atoms with Crippen molar-refractivity contribution in [2.45, 2.75) is 26.2 Å². The van der Waals surface area contributed by atoms with E-state index < -0.39 is 0 Å². The lowest BCUT2D eigenvalue weighted by molar-refractivity contribution is 0.246. The van der Waals surface area contributed by atoms with E-state index in [0.717, 1.165) is 24.9 Å². The topological polar surface area (TPSA) is 6.48 Å². The lowest BCUT2D eigenvalue weighted by Gasteiger charge is -2.36. The van der Waals surface area contributed by atoms with Crippen LogP contribution in [0.2, 0.25) is 0 Å². The number of hydrogen-bond acceptors (Lipinski definition) is 2. The molecular formula is C22H27BrN2. The highest BCUT2D eigenvalue weighted by Crippen LogP contribution is 2.48. The van der Waals surface area contributed by atoms with Gasteiger partial charge in [-0.05, 0) is 67.0 Å². The number of halogens is 1. The van der Waals surface area contributed by atoms with Crippen LogP contribution in [0.25, 0.3) is 0 Å². The molecule has 0 amide bonds. The van der Waals surface area contributed by atoms with Crippen molar-refractivity contribution < 1.29 is 0 Å². The summed E-state index contributed by atoms with van der Waals surface area (Å²) >= 11 is 3.60. The summed E-state index contributed by atoms with van der Waals surface area (Å²) in [7, 11) is 0. The Morgan fingerprint density at radius 1 is 0.960 bits per heavy atom. The third-order valence-electron chi connectivity index (χ3n) is 5.88. The van der Waals surface area contributed by atoms with E-state index in [9.17, 15) is 0 Å². The van der Waals surface area contributed by atoms with Gasteiger partial charge in [-0.25, -0.2) is 0 Å². The van der Waals surface area contributed by atoms with E-state index in [-0.39, 0.29) is 0 Å². The monoisotopic (exact) mass is 398 g/mol. The Hall–Kier alpha value is -1.32. The van der Waals surface area contributed by atoms with Gasteiger partial charge >= 0.3 is 0 Å². The van der Waals surface area contributed by atoms with Crippen LogP contribution in [0.3, 0.4) is 0 Å². The third kappa shape index (κ3) is 3.78. The van der Waals surface area contributed by atoms with Gasteiger partial charge < -0.3 is 4.90 Å². The minimum atomic E-state index is 0.799. The summed E-state index contributed by atoms with van der Waals surface area (Å²) in [6.07, 6.45) is 1.37. The molecule has 2 aromatic carbocycles. The molecule has 2 fully saturated rings. The predicted molar refractivity (Wildman–Crippen MR) is 110 cm³/mol. The smallest absolute Gasteiger partial charge is 0.0370 e. The number of anilines is 1. The molecule has 1 saturated carbocycles. The van der Waals surface area contributed by atoms with Gasteiger partial charge in [0.1, 0.15) is 0 Å². The van der Waals surface area contributed by atoms with E-state index in [1.807, 2.05) is 0 Å². The highest BCUT2D eigenvalue weighted by atomic mass is 79.9. The summed E-state index contributed by atoms with van der Waals surface area (Å²) in [5.41, 5.74) is 5.73. The number of hydrogen-bond donors (Lipinski definition) is 0. The number of nitrogens with zero attached hydrogens (tertiary/aromatic N) is 2. The Labute approximate surface area is 160 Å². The van der Waals surface area contributed by atoms with E-state index in [0.29, 0.717) is 0 Å². The van der Waals surface area contributed by atoms with E-state index >= 15 is 0 Å². The van der Waals surface area contributed by atoms with E-state index in [1.54, 1.807) is 5.56 Å². The molecule has 3 heteroatoms. The first-order valence-electron chi connectivity index (χ1n) is 9.41. The summed E-state index contributed by atoms with van der Waals surface area (Å²) in [4.78, 5) is 5.20. The van der Waals surface area contributed by atoms with E-state index in [1.165, 1.54) is 47.3 Å². The molecule has 0 radical (unpaired) electrons. The summed E-state index contributed by atoms with van der Waals surface area (Å²) in [6.45, 7) is 10.3. The Morgan fingerprint density at radius 3 is 2.44 bits per heavy atom. The molecule has 1 aliphatic heterocycles. The normalized spacial score (nSPS) is 23.7. The highest BCUT2D eigenvalue weighted by Gasteiger charge is 2.40. The molecule has 2 aliphatic rings. The Bertz CT molecular complexity index is 749. The zero-order valence-electron chi connectivity index (χ0n) is 15.2. The molecule has 2 nitrogen and oxygen atoms in total. The minimum Gasteiger partial charge on any atom is -0.369 e. The molecule has 0 aromatic heterocycles. The largest absolute Gasteiger partial charge is 0.369 e. The Kier molecular flexibility index (Phi) is 4.88. The first-order chi connectivity index (χ1) is 12.1. The quantitative estimate of drug-likeness (QED) is 0.715. The summed E-state index contributed by atoms with van der Waals surface area (Å²) in [6, 6.07) is 15.6. The first kappa shape index (κ1) is 17.1. The van der Waals surface area contributed by atoms with Crippen LogP contribution in [0.15, 0.2) is 46.9 Å². The van der Waals surface area contributed by atoms with Gasteiger partial charge in [-0.2, -0.15) is 0 Å². The molecule has 0 bridgehead atoms. The van der Waals surface area contributed by atoms with Crippen molar-refractivity contribution in [3.63, 3.8) is 0 Å². The Morgan fingerprint density at radius 2 is 1.72 bits per heavy atom. The molecule has 2 atom stereocenters. The van der Waals surface area contributed by atoms with Crippen LogP contribution < -0.4 is 4.90 Å². The molecule has 1 aliphatic carbocycles. The number of rotatable bonds is 4. The standard InChI is InChI=1S/C22H27BrN2/c1-16-5-3-4-6-20(16)21-14-18(21)15-24-9-11-25(12-10-24)19-7-8-22(23)17(2)13-19/h3-8,13,18,21H,9-12,14-15H2,1-2H3. The van der Waals surface area contributed by atoms with Crippen molar-refractivity contribution in [3.8, 4) is 0 Å². The van der Waals surface area contributed by atoms with Crippen molar-refractivity contribution in [1.29, 1.82) is 0 Å². The van der Waals surface area contributed by atoms with Crippen LogP contribution in [-0.2, 0) is 0 Å². The van der Waals surface area contributed by atoms with Crippen molar-refractivity contribution in [2.75, 3.05) is 37.6 Å². The number of aryl methyl sites for hydroxylation is 2. The highest BCUT2D eigenvalue weighted by molar-refractivity contribution is 9.10. The Balaban J connectivity index is 1.30. The van der Waals surface area contributed by atoms with Gasteiger partial charge in [0.15, 0.2) is 0 Å². The zero-order chi connectivity index (χ0) is 17.4. The second-order valence-electron chi connectivity index (χ2n) is 7.68. The lowest BCUT2D eigenvalue weighted by atomic mass is 10.0. The average molecular weight is 399 g/mol. The summed E-state index contributed by atoms with van der Waals surface area (Å²) < 4.78 is 1.20. The lowest BCUT2D eigenvalue weighted by Crippen LogP contribution is -2.47. The third-order valence-corrected chi connectivity index (χ3v) is 6.77. The van der Waals surface area contributed by atoms with Crippen LogP contribution >= 0.6 is 15.9 Å². The van der Waals surface area contributed by atoms with Crippen LogP contribution in [0.1, 0.15) is 29.0 Å². The van der Waals surface area contributed by atoms with Crippen molar-refractivity contribution in [1.82, 2.24) is 4.90 Å². The van der Waals surface area contributed by atoms with Gasteiger partial charge in [0.25, 0.3) is 0 Å². The molecule has 0 spiro atoms. The van der Waals surface area contributed by atoms with Gasteiger partial charge in [-0.1, -0.05) is 40.2 Å². The first-order valence-corrected chi connectivity index (χ1v) is 10.2. The summed E-state index contributed by atoms with van der Waals surface area (Å²) in [5, 5.41) is 0. The molecule has 25 heavy (non-hydrogen) atoms. The molecule has 0 N–H and O–H groups in total. The van der Waals surface area contributed by atoms with Gasteiger partial charge in [-0.15, -0.1) is 0 Å². The van der Waals surface area contributed by atoms with Gasteiger partial charge in [0.05, 0.1) is 0 Å². The molecule has 2 aromatic rings. The molecular weight excluding hydrogens is 372 g/mol. The summed E-state index contributed by atoms with van der Waals surface area (Å²) in [5.74, 6) is 1.66. The molecule has 2 unspecified atom stereocenters. The zero-order valence-corrected chi connectivity index (χ0v) is 16.8. The van der Waals surface area contributed by atoms with Crippen LogP contribution in [0, 0.1) is 19.8 Å². The van der Waals surface area contributed by atoms with Crippen LogP contribution in [-0.4, -0.2) is 37.6 Å². The molecule has 1 heterocycles. The maximum Gasteiger partial charge on any atom is 0.0370 e. The minimum absolute atomic E-state index is 0.799. The fourth-order valence-electron chi connectivity index (χ4n) is 4.18. The second kappa shape index (κ2) is 7.13. The van der Waals surface area contributed by atoms with Gasteiger partial charge in [-0.3, -0.25) is 4.90 Å². The average Bonchev–Trinajstić information content (AvgIpc) is 3.37. The maximum atomic E-state index is 3.60. The number of piperazine rings is 1. The fourth-order valence-corrected chi connectivity index (χ4v) is 4.43. The van der Waals surface area contributed by atoms with Crippen molar-refractivity contribution in [3.05, 3.63) is 63.6 Å². The SMILES string of the molecule is Cc1cc(N2CCN(CC3CC3c3ccccc3C)CC2)ccc1Br. The van der Waals surface area contributed by atoms with E-state index in [2.05, 4.69) is 82.0 Å². The predicted octanol–water partition coefficient (Wildman–Crippen LogP) is 4.99. The fraction of sp³-hybridized carbons (Fsp3) is 0.455. The van der Waals surface area contributed by atoms with Crippen molar-refractivity contribution in [2.24, 2.45) is 5.92 Å². The van der Waals surface area contributed by atoms with Crippen LogP contribution in [0.5, 0.6) is 0 Å². The van der Waals surface area contributed by atoms with Gasteiger partial charge in [0.2, 0.25) is 0 Å². The van der Waals surface area contributed by atoms with E-state index in [4.69, 9.17) is 0 Å². The molecule has 132 valence electrons.